The van der Waals surface area contributed by atoms with Gasteiger partial charge in [-0.2, -0.15) is 0 Å². The van der Waals surface area contributed by atoms with Crippen LogP contribution in [0.25, 0.3) is 0 Å². The van der Waals surface area contributed by atoms with Crippen molar-refractivity contribution in [3.05, 3.63) is 57.6 Å². The molecule has 1 amide bonds. The van der Waals surface area contributed by atoms with Crippen LogP contribution in [-0.4, -0.2) is 26.6 Å². The zero-order valence-electron chi connectivity index (χ0n) is 14.9. The average molecular weight is 415 g/mol. The van der Waals surface area contributed by atoms with E-state index in [1.807, 2.05) is 0 Å². The van der Waals surface area contributed by atoms with E-state index in [0.717, 1.165) is 10.6 Å². The molecule has 0 aliphatic heterocycles. The normalized spacial score (nSPS) is 12.5. The number of amides is 1. The van der Waals surface area contributed by atoms with Crippen molar-refractivity contribution in [2.75, 3.05) is 15.9 Å². The maximum absolute atomic E-state index is 12.7. The maximum Gasteiger partial charge on any atom is 0.248 e. The molecule has 2 aromatic rings. The molecule has 0 unspecified atom stereocenters. The lowest BCUT2D eigenvalue weighted by molar-refractivity contribution is -0.116. The lowest BCUT2D eigenvalue weighted by Crippen LogP contribution is -2.45. The number of nitrogens with one attached hydrogen (secondary N) is 1. The molecule has 0 spiro atoms. The number of anilines is 2. The van der Waals surface area contributed by atoms with Gasteiger partial charge in [-0.05, 0) is 56.2 Å². The van der Waals surface area contributed by atoms with Crippen LogP contribution >= 0.6 is 23.2 Å². The van der Waals surface area contributed by atoms with Crippen molar-refractivity contribution < 1.29 is 13.2 Å². The minimum Gasteiger partial charge on any atom is -0.324 e. The topological polar surface area (TPSA) is 66.5 Å². The molecule has 0 heterocycles. The van der Waals surface area contributed by atoms with Crippen LogP contribution in [0.4, 0.5) is 11.4 Å². The van der Waals surface area contributed by atoms with Gasteiger partial charge in [0.05, 0.1) is 11.9 Å². The summed E-state index contributed by atoms with van der Waals surface area (Å²) in [6.45, 7) is 5.06. The molecule has 0 fully saturated rings. The fourth-order valence-electron chi connectivity index (χ4n) is 2.58. The summed E-state index contributed by atoms with van der Waals surface area (Å²) in [6, 6.07) is 9.07. The Hall–Kier alpha value is -1.76. The van der Waals surface area contributed by atoms with Crippen LogP contribution in [0.2, 0.25) is 10.0 Å². The van der Waals surface area contributed by atoms with E-state index < -0.39 is 22.0 Å². The van der Waals surface area contributed by atoms with E-state index >= 15 is 0 Å². The highest BCUT2D eigenvalue weighted by Gasteiger charge is 2.30. The first-order chi connectivity index (χ1) is 12.0. The Bertz CT molecular complexity index is 945. The molecule has 2 aromatic carbocycles. The predicted octanol–water partition coefficient (Wildman–Crippen LogP) is 4.40. The molecule has 140 valence electrons. The number of halogens is 2. The largest absolute Gasteiger partial charge is 0.324 e. The predicted molar refractivity (Wildman–Crippen MR) is 108 cm³/mol. The third-order valence-electron chi connectivity index (χ3n) is 4.02. The smallest absolute Gasteiger partial charge is 0.248 e. The summed E-state index contributed by atoms with van der Waals surface area (Å²) in [5, 5.41) is 3.65. The number of hydrogen-bond donors (Lipinski definition) is 1. The van der Waals surface area contributed by atoms with E-state index in [1.165, 1.54) is 13.0 Å². The summed E-state index contributed by atoms with van der Waals surface area (Å²) < 4.78 is 25.9. The van der Waals surface area contributed by atoms with Gasteiger partial charge in [-0.3, -0.25) is 9.10 Å². The van der Waals surface area contributed by atoms with E-state index in [4.69, 9.17) is 23.2 Å². The number of aryl methyl sites for hydroxylation is 1. The number of carbonyl (C=O) groups excluding carboxylic acids is 1. The Labute approximate surface area is 164 Å². The van der Waals surface area contributed by atoms with Gasteiger partial charge in [0.2, 0.25) is 15.9 Å². The van der Waals surface area contributed by atoms with Gasteiger partial charge in [0, 0.05) is 15.7 Å². The van der Waals surface area contributed by atoms with E-state index in [9.17, 15) is 13.2 Å². The minimum atomic E-state index is -3.72. The Morgan fingerprint density at radius 2 is 1.81 bits per heavy atom. The molecular weight excluding hydrogens is 395 g/mol. The van der Waals surface area contributed by atoms with Crippen molar-refractivity contribution in [1.82, 2.24) is 0 Å². The van der Waals surface area contributed by atoms with Crippen LogP contribution < -0.4 is 9.62 Å². The summed E-state index contributed by atoms with van der Waals surface area (Å²) in [7, 11) is -3.72. The molecule has 0 aliphatic carbocycles. The third kappa shape index (κ3) is 4.50. The van der Waals surface area contributed by atoms with Crippen molar-refractivity contribution >= 4 is 50.5 Å². The zero-order valence-corrected chi connectivity index (χ0v) is 17.2. The maximum atomic E-state index is 12.7. The summed E-state index contributed by atoms with van der Waals surface area (Å²) in [5.74, 6) is -0.472. The molecule has 1 N–H and O–H groups in total. The molecule has 0 bridgehead atoms. The van der Waals surface area contributed by atoms with E-state index in [1.54, 1.807) is 44.2 Å². The molecule has 0 saturated heterocycles. The molecule has 8 heteroatoms. The lowest BCUT2D eigenvalue weighted by Gasteiger charge is -2.29. The Morgan fingerprint density at radius 1 is 1.15 bits per heavy atom. The van der Waals surface area contributed by atoms with Gasteiger partial charge in [-0.15, -0.1) is 0 Å². The summed E-state index contributed by atoms with van der Waals surface area (Å²) in [4.78, 5) is 12.7. The average Bonchev–Trinajstić information content (AvgIpc) is 2.54. The number of sulfonamides is 1. The van der Waals surface area contributed by atoms with Gasteiger partial charge in [-0.25, -0.2) is 8.42 Å². The van der Waals surface area contributed by atoms with Gasteiger partial charge in [0.25, 0.3) is 0 Å². The van der Waals surface area contributed by atoms with Crippen molar-refractivity contribution in [2.45, 2.75) is 26.8 Å². The van der Waals surface area contributed by atoms with Crippen molar-refractivity contribution in [1.29, 1.82) is 0 Å². The van der Waals surface area contributed by atoms with E-state index in [0.29, 0.717) is 32.5 Å². The van der Waals surface area contributed by atoms with Crippen LogP contribution in [0, 0.1) is 13.8 Å². The third-order valence-corrected chi connectivity index (χ3v) is 5.89. The van der Waals surface area contributed by atoms with Gasteiger partial charge in [-0.1, -0.05) is 35.3 Å². The second kappa shape index (κ2) is 7.86. The zero-order chi connectivity index (χ0) is 19.6. The van der Waals surface area contributed by atoms with Crippen LogP contribution in [0.3, 0.4) is 0 Å². The number of carbonyl (C=O) groups is 1. The summed E-state index contributed by atoms with van der Waals surface area (Å²) in [6.07, 6.45) is 1.06. The van der Waals surface area contributed by atoms with Crippen molar-refractivity contribution in [3.63, 3.8) is 0 Å². The number of hydrogen-bond acceptors (Lipinski definition) is 3. The summed E-state index contributed by atoms with van der Waals surface area (Å²) >= 11 is 12.1. The Balaban J connectivity index is 2.41. The fraction of sp³-hybridized carbons (Fsp3) is 0.278. The van der Waals surface area contributed by atoms with Gasteiger partial charge < -0.3 is 5.32 Å². The minimum absolute atomic E-state index is 0.366. The Morgan fingerprint density at radius 3 is 2.42 bits per heavy atom. The summed E-state index contributed by atoms with van der Waals surface area (Å²) in [5.41, 5.74) is 2.30. The first kappa shape index (κ1) is 20.6. The molecule has 26 heavy (non-hydrogen) atoms. The van der Waals surface area contributed by atoms with Gasteiger partial charge in [0.1, 0.15) is 6.04 Å². The quantitative estimate of drug-likeness (QED) is 0.787. The first-order valence-corrected chi connectivity index (χ1v) is 10.4. The molecule has 2 rings (SSSR count). The molecule has 0 saturated carbocycles. The number of nitrogens with zero attached hydrogens (tertiary/aromatic N) is 1. The molecule has 0 aliphatic rings. The van der Waals surface area contributed by atoms with E-state index in [-0.39, 0.29) is 0 Å². The molecule has 0 aromatic heterocycles. The SMILES string of the molecule is Cc1ccc(Cl)cc1N([C@H](C)C(=O)Nc1cccc(Cl)c1C)S(C)(=O)=O. The van der Waals surface area contributed by atoms with Crippen molar-refractivity contribution in [2.24, 2.45) is 0 Å². The fourth-order valence-corrected chi connectivity index (χ4v) is 4.15. The van der Waals surface area contributed by atoms with Gasteiger partial charge >= 0.3 is 0 Å². The highest BCUT2D eigenvalue weighted by molar-refractivity contribution is 7.92. The molecule has 5 nitrogen and oxygen atoms in total. The van der Waals surface area contributed by atoms with Crippen LogP contribution in [0.1, 0.15) is 18.1 Å². The van der Waals surface area contributed by atoms with Gasteiger partial charge in [0.15, 0.2) is 0 Å². The number of benzene rings is 2. The highest BCUT2D eigenvalue weighted by Crippen LogP contribution is 2.29. The molecular formula is C18H20Cl2N2O3S. The van der Waals surface area contributed by atoms with Crippen molar-refractivity contribution in [3.8, 4) is 0 Å². The molecule has 0 radical (unpaired) electrons. The second-order valence-corrected chi connectivity index (χ2v) is 8.77. The van der Waals surface area contributed by atoms with Crippen LogP contribution in [0.5, 0.6) is 0 Å². The number of rotatable bonds is 5. The molecule has 1 atom stereocenters. The monoisotopic (exact) mass is 414 g/mol. The highest BCUT2D eigenvalue weighted by atomic mass is 35.5. The Kier molecular flexibility index (Phi) is 6.21. The van der Waals surface area contributed by atoms with Crippen LogP contribution in [-0.2, 0) is 14.8 Å². The lowest BCUT2D eigenvalue weighted by atomic mass is 10.1. The van der Waals surface area contributed by atoms with Crippen LogP contribution in [0.15, 0.2) is 36.4 Å². The first-order valence-electron chi connectivity index (χ1n) is 7.84. The van der Waals surface area contributed by atoms with E-state index in [2.05, 4.69) is 5.32 Å². The standard InChI is InChI=1S/C18H20Cl2N2O3S/c1-11-8-9-14(19)10-17(11)22(26(4,24)25)13(3)18(23)21-16-7-5-6-15(20)12(16)2/h5-10,13H,1-4H3,(H,21,23)/t13-/m1/s1. The second-order valence-electron chi connectivity index (χ2n) is 6.07.